The molecule has 3 N–H and O–H groups in total. The molecular weight excluding hydrogens is 384 g/mol. The van der Waals surface area contributed by atoms with E-state index in [-0.39, 0.29) is 11.7 Å². The molecule has 0 saturated carbocycles. The van der Waals surface area contributed by atoms with Crippen LogP contribution in [0.3, 0.4) is 0 Å². The number of amides is 2. The topological polar surface area (TPSA) is 113 Å². The molecular formula is C23H24N2O5. The summed E-state index contributed by atoms with van der Waals surface area (Å²) >= 11 is 0. The summed E-state index contributed by atoms with van der Waals surface area (Å²) in [5.41, 5.74) is 2.54. The van der Waals surface area contributed by atoms with E-state index in [1.54, 1.807) is 42.5 Å². The molecule has 0 spiro atoms. The number of nitrogens with one attached hydrogen (secondary N) is 2. The Morgan fingerprint density at radius 3 is 2.17 bits per heavy atom. The zero-order valence-corrected chi connectivity index (χ0v) is 17.1. The summed E-state index contributed by atoms with van der Waals surface area (Å²) in [5.74, 6) is -2.25. The third-order valence-electron chi connectivity index (χ3n) is 5.05. The summed E-state index contributed by atoms with van der Waals surface area (Å²) in [7, 11) is 0. The predicted octanol–water partition coefficient (Wildman–Crippen LogP) is 2.63. The van der Waals surface area contributed by atoms with E-state index < -0.39 is 29.9 Å². The molecule has 156 valence electrons. The van der Waals surface area contributed by atoms with Gasteiger partial charge in [-0.1, -0.05) is 50.2 Å². The van der Waals surface area contributed by atoms with Gasteiger partial charge in [-0.05, 0) is 30.9 Å². The standard InChI is InChI=1S/C23H24N2O5/c1-12(2)11-18(22(28)24-13(3)23(29)30)25-21(27)17-10-6-9-16-19(17)14-7-4-5-8-15(14)20(16)26/h4-10,12-13,18H,11H2,1-3H3,(H,24,28)(H,25,27)(H,29,30). The quantitative estimate of drug-likeness (QED) is 0.556. The zero-order chi connectivity index (χ0) is 22.0. The summed E-state index contributed by atoms with van der Waals surface area (Å²) in [5, 5.41) is 14.2. The van der Waals surface area contributed by atoms with Crippen molar-refractivity contribution in [3.63, 3.8) is 0 Å². The maximum Gasteiger partial charge on any atom is 0.325 e. The van der Waals surface area contributed by atoms with Gasteiger partial charge < -0.3 is 15.7 Å². The smallest absolute Gasteiger partial charge is 0.325 e. The van der Waals surface area contributed by atoms with Gasteiger partial charge >= 0.3 is 5.97 Å². The molecule has 0 aromatic heterocycles. The van der Waals surface area contributed by atoms with Gasteiger partial charge in [0.1, 0.15) is 12.1 Å². The van der Waals surface area contributed by atoms with Crippen LogP contribution >= 0.6 is 0 Å². The number of hydrogen-bond acceptors (Lipinski definition) is 4. The van der Waals surface area contributed by atoms with E-state index in [0.29, 0.717) is 34.2 Å². The van der Waals surface area contributed by atoms with Crippen LogP contribution < -0.4 is 10.6 Å². The van der Waals surface area contributed by atoms with Crippen molar-refractivity contribution in [2.24, 2.45) is 5.92 Å². The number of aliphatic carboxylic acids is 1. The Hall–Kier alpha value is -3.48. The molecule has 1 aliphatic carbocycles. The first-order valence-electron chi connectivity index (χ1n) is 9.81. The minimum absolute atomic E-state index is 0.0879. The summed E-state index contributed by atoms with van der Waals surface area (Å²) in [6.45, 7) is 5.17. The van der Waals surface area contributed by atoms with Crippen molar-refractivity contribution in [2.75, 3.05) is 0 Å². The molecule has 0 heterocycles. The van der Waals surface area contributed by atoms with Gasteiger partial charge in [-0.25, -0.2) is 0 Å². The lowest BCUT2D eigenvalue weighted by Crippen LogP contribution is -2.51. The van der Waals surface area contributed by atoms with Gasteiger partial charge in [-0.3, -0.25) is 19.2 Å². The Balaban J connectivity index is 1.91. The van der Waals surface area contributed by atoms with Crippen LogP contribution in [0.2, 0.25) is 0 Å². The first kappa shape index (κ1) is 21.2. The Labute approximate surface area is 174 Å². The third-order valence-corrected chi connectivity index (χ3v) is 5.05. The fourth-order valence-electron chi connectivity index (χ4n) is 3.58. The second-order valence-corrected chi connectivity index (χ2v) is 7.83. The summed E-state index contributed by atoms with van der Waals surface area (Å²) in [6, 6.07) is 10.1. The Morgan fingerprint density at radius 1 is 0.900 bits per heavy atom. The molecule has 3 rings (SSSR count). The van der Waals surface area contributed by atoms with Gasteiger partial charge in [0.2, 0.25) is 5.91 Å². The van der Waals surface area contributed by atoms with E-state index in [2.05, 4.69) is 10.6 Å². The highest BCUT2D eigenvalue weighted by molar-refractivity contribution is 6.24. The Morgan fingerprint density at radius 2 is 1.53 bits per heavy atom. The molecule has 2 aromatic carbocycles. The van der Waals surface area contributed by atoms with Crippen molar-refractivity contribution in [3.05, 3.63) is 59.2 Å². The molecule has 1 aliphatic rings. The molecule has 7 nitrogen and oxygen atoms in total. The van der Waals surface area contributed by atoms with Gasteiger partial charge in [-0.2, -0.15) is 0 Å². The lowest BCUT2D eigenvalue weighted by molar-refractivity contribution is -0.141. The van der Waals surface area contributed by atoms with Crippen molar-refractivity contribution < 1.29 is 24.3 Å². The summed E-state index contributed by atoms with van der Waals surface area (Å²) in [4.78, 5) is 49.5. The van der Waals surface area contributed by atoms with Gasteiger partial charge in [0.25, 0.3) is 5.91 Å². The van der Waals surface area contributed by atoms with Crippen LogP contribution in [-0.2, 0) is 9.59 Å². The lowest BCUT2D eigenvalue weighted by Gasteiger charge is -2.22. The fourth-order valence-corrected chi connectivity index (χ4v) is 3.58. The fraction of sp³-hybridized carbons (Fsp3) is 0.304. The Bertz CT molecular complexity index is 1030. The van der Waals surface area contributed by atoms with Crippen LogP contribution in [-0.4, -0.2) is 40.8 Å². The second kappa shape index (κ2) is 8.49. The lowest BCUT2D eigenvalue weighted by atomic mass is 9.97. The van der Waals surface area contributed by atoms with Crippen molar-refractivity contribution in [2.45, 2.75) is 39.3 Å². The number of fused-ring (bicyclic) bond motifs is 3. The SMILES string of the molecule is CC(C)CC(NC(=O)c1cccc2c1-c1ccccc1C2=O)C(=O)NC(C)C(=O)O. The number of carbonyl (C=O) groups is 4. The highest BCUT2D eigenvalue weighted by atomic mass is 16.4. The molecule has 2 amide bonds. The molecule has 0 saturated heterocycles. The van der Waals surface area contributed by atoms with E-state index in [0.717, 1.165) is 0 Å². The molecule has 2 unspecified atom stereocenters. The largest absolute Gasteiger partial charge is 0.480 e. The molecule has 0 aliphatic heterocycles. The van der Waals surface area contributed by atoms with Crippen LogP contribution in [0.15, 0.2) is 42.5 Å². The molecule has 0 radical (unpaired) electrons. The second-order valence-electron chi connectivity index (χ2n) is 7.83. The van der Waals surface area contributed by atoms with Gasteiger partial charge in [-0.15, -0.1) is 0 Å². The zero-order valence-electron chi connectivity index (χ0n) is 17.1. The van der Waals surface area contributed by atoms with Crippen LogP contribution in [0.4, 0.5) is 0 Å². The van der Waals surface area contributed by atoms with Crippen LogP contribution in [0, 0.1) is 5.92 Å². The van der Waals surface area contributed by atoms with E-state index in [9.17, 15) is 19.2 Å². The number of carboxylic acid groups (broad SMARTS) is 1. The minimum Gasteiger partial charge on any atom is -0.480 e. The molecule has 30 heavy (non-hydrogen) atoms. The number of rotatable bonds is 7. The number of carbonyl (C=O) groups excluding carboxylic acids is 3. The summed E-state index contributed by atoms with van der Waals surface area (Å²) < 4.78 is 0. The average Bonchev–Trinajstić information content (AvgIpc) is 2.99. The van der Waals surface area contributed by atoms with Crippen molar-refractivity contribution in [1.82, 2.24) is 10.6 Å². The molecule has 0 bridgehead atoms. The average molecular weight is 408 g/mol. The van der Waals surface area contributed by atoms with Gasteiger partial charge in [0.15, 0.2) is 5.78 Å². The number of benzene rings is 2. The third kappa shape index (κ3) is 4.10. The summed E-state index contributed by atoms with van der Waals surface area (Å²) in [6.07, 6.45) is 0.342. The number of ketones is 1. The molecule has 7 heteroatoms. The highest BCUT2D eigenvalue weighted by Gasteiger charge is 2.32. The normalized spacial score (nSPS) is 13.9. The van der Waals surface area contributed by atoms with Gasteiger partial charge in [0.05, 0.1) is 0 Å². The maximum atomic E-state index is 13.1. The van der Waals surface area contributed by atoms with Crippen molar-refractivity contribution >= 4 is 23.6 Å². The van der Waals surface area contributed by atoms with E-state index in [4.69, 9.17) is 5.11 Å². The predicted molar refractivity (Wildman–Crippen MR) is 111 cm³/mol. The minimum atomic E-state index is -1.16. The highest BCUT2D eigenvalue weighted by Crippen LogP contribution is 2.38. The Kier molecular flexibility index (Phi) is 6.01. The number of carboxylic acids is 1. The molecule has 0 fully saturated rings. The van der Waals surface area contributed by atoms with Crippen LogP contribution in [0.5, 0.6) is 0 Å². The van der Waals surface area contributed by atoms with E-state index in [1.165, 1.54) is 6.92 Å². The first-order valence-corrected chi connectivity index (χ1v) is 9.81. The molecule has 2 aromatic rings. The first-order chi connectivity index (χ1) is 14.2. The number of hydrogen-bond donors (Lipinski definition) is 3. The van der Waals surface area contributed by atoms with Crippen molar-refractivity contribution in [1.29, 1.82) is 0 Å². The van der Waals surface area contributed by atoms with Crippen molar-refractivity contribution in [3.8, 4) is 11.1 Å². The van der Waals surface area contributed by atoms with E-state index >= 15 is 0 Å². The van der Waals surface area contributed by atoms with E-state index in [1.807, 2.05) is 13.8 Å². The maximum absolute atomic E-state index is 13.1. The van der Waals surface area contributed by atoms with Gasteiger partial charge in [0, 0.05) is 22.3 Å². The molecule has 2 atom stereocenters. The van der Waals surface area contributed by atoms with Crippen LogP contribution in [0.25, 0.3) is 11.1 Å². The monoisotopic (exact) mass is 408 g/mol. The van der Waals surface area contributed by atoms with Crippen LogP contribution in [0.1, 0.15) is 53.5 Å².